The molecule has 0 bridgehead atoms. The van der Waals surface area contributed by atoms with Crippen molar-refractivity contribution >= 4 is 27.3 Å². The maximum Gasteiger partial charge on any atom is 0.243 e. The Hall–Kier alpha value is -2.65. The van der Waals surface area contributed by atoms with Crippen molar-refractivity contribution in [1.29, 1.82) is 0 Å². The van der Waals surface area contributed by atoms with Crippen molar-refractivity contribution in [3.63, 3.8) is 0 Å². The van der Waals surface area contributed by atoms with E-state index >= 15 is 0 Å². The molecule has 1 aliphatic rings. The van der Waals surface area contributed by atoms with Gasteiger partial charge in [0, 0.05) is 18.8 Å². The number of carbonyl (C=O) groups is 1. The molecular formula is C22H28FN3O4S. The van der Waals surface area contributed by atoms with E-state index in [1.54, 1.807) is 12.1 Å². The first-order chi connectivity index (χ1) is 14.8. The van der Waals surface area contributed by atoms with E-state index in [0.717, 1.165) is 19.3 Å². The van der Waals surface area contributed by atoms with Crippen LogP contribution in [0.1, 0.15) is 33.1 Å². The second-order valence-electron chi connectivity index (χ2n) is 7.70. The number of rotatable bonds is 8. The monoisotopic (exact) mass is 449 g/mol. The van der Waals surface area contributed by atoms with Gasteiger partial charge in [-0.05, 0) is 63.1 Å². The molecule has 0 unspecified atom stereocenters. The first-order valence-electron chi connectivity index (χ1n) is 10.4. The number of piperidine rings is 1. The van der Waals surface area contributed by atoms with Gasteiger partial charge in [-0.3, -0.25) is 4.79 Å². The zero-order valence-electron chi connectivity index (χ0n) is 17.7. The average Bonchev–Trinajstić information content (AvgIpc) is 2.73. The van der Waals surface area contributed by atoms with Crippen molar-refractivity contribution in [2.24, 2.45) is 0 Å². The summed E-state index contributed by atoms with van der Waals surface area (Å²) in [7, 11) is -3.63. The van der Waals surface area contributed by atoms with Crippen LogP contribution in [-0.2, 0) is 14.8 Å². The summed E-state index contributed by atoms with van der Waals surface area (Å²) < 4.78 is 46.6. The standard InChI is InChI=1S/C22H28FN3O4S/c1-16(2)30-21-10-9-19(31(28,29)26-11-4-3-5-12-26)14-20(21)24-15-22(27)25-18-8-6-7-17(23)13-18/h6-10,13-14,16,24H,3-5,11-12,15H2,1-2H3,(H,25,27). The number of hydrogen-bond donors (Lipinski definition) is 2. The van der Waals surface area contributed by atoms with E-state index in [-0.39, 0.29) is 17.5 Å². The van der Waals surface area contributed by atoms with Crippen molar-refractivity contribution in [3.05, 3.63) is 48.3 Å². The van der Waals surface area contributed by atoms with Gasteiger partial charge < -0.3 is 15.4 Å². The van der Waals surface area contributed by atoms with E-state index in [9.17, 15) is 17.6 Å². The van der Waals surface area contributed by atoms with Gasteiger partial charge in [0.1, 0.15) is 11.6 Å². The number of amides is 1. The number of ether oxygens (including phenoxy) is 1. The van der Waals surface area contributed by atoms with E-state index in [2.05, 4.69) is 10.6 Å². The van der Waals surface area contributed by atoms with Crippen LogP contribution in [0.5, 0.6) is 5.75 Å². The van der Waals surface area contributed by atoms with Crippen LogP contribution in [0.2, 0.25) is 0 Å². The Labute approximate surface area is 182 Å². The third kappa shape index (κ3) is 6.18. The fraction of sp³-hybridized carbons (Fsp3) is 0.409. The lowest BCUT2D eigenvalue weighted by molar-refractivity contribution is -0.114. The van der Waals surface area contributed by atoms with E-state index in [1.807, 2.05) is 13.8 Å². The van der Waals surface area contributed by atoms with Crippen LogP contribution in [0.15, 0.2) is 47.4 Å². The highest BCUT2D eigenvalue weighted by Gasteiger charge is 2.27. The van der Waals surface area contributed by atoms with Crippen LogP contribution in [-0.4, -0.2) is 44.4 Å². The summed E-state index contributed by atoms with van der Waals surface area (Å²) in [4.78, 5) is 12.4. The lowest BCUT2D eigenvalue weighted by atomic mass is 10.2. The minimum atomic E-state index is -3.63. The van der Waals surface area contributed by atoms with Gasteiger partial charge >= 0.3 is 0 Å². The fourth-order valence-corrected chi connectivity index (χ4v) is 4.91. The van der Waals surface area contributed by atoms with Gasteiger partial charge in [0.25, 0.3) is 0 Å². The molecule has 7 nitrogen and oxygen atoms in total. The molecule has 0 saturated carbocycles. The number of nitrogens with zero attached hydrogens (tertiary/aromatic N) is 1. The molecule has 0 aromatic heterocycles. The first-order valence-corrected chi connectivity index (χ1v) is 11.8. The molecule has 1 aliphatic heterocycles. The van der Waals surface area contributed by atoms with E-state index in [4.69, 9.17) is 4.74 Å². The number of halogens is 1. The van der Waals surface area contributed by atoms with E-state index in [0.29, 0.717) is 30.2 Å². The van der Waals surface area contributed by atoms with Gasteiger partial charge in [0.2, 0.25) is 15.9 Å². The Balaban J connectivity index is 1.77. The molecule has 2 N–H and O–H groups in total. The quantitative estimate of drug-likeness (QED) is 0.639. The van der Waals surface area contributed by atoms with Gasteiger partial charge in [-0.2, -0.15) is 4.31 Å². The molecule has 0 spiro atoms. The molecule has 2 aromatic rings. The molecule has 0 aliphatic carbocycles. The second-order valence-corrected chi connectivity index (χ2v) is 9.64. The predicted molar refractivity (Wildman–Crippen MR) is 118 cm³/mol. The number of carbonyl (C=O) groups excluding carboxylic acids is 1. The highest BCUT2D eigenvalue weighted by molar-refractivity contribution is 7.89. The lowest BCUT2D eigenvalue weighted by Gasteiger charge is -2.26. The second kappa shape index (κ2) is 10.1. The summed E-state index contributed by atoms with van der Waals surface area (Å²) in [5, 5.41) is 5.56. The largest absolute Gasteiger partial charge is 0.489 e. The van der Waals surface area contributed by atoms with Crippen molar-refractivity contribution in [3.8, 4) is 5.75 Å². The number of hydrogen-bond acceptors (Lipinski definition) is 5. The van der Waals surface area contributed by atoms with Crippen molar-refractivity contribution < 1.29 is 22.3 Å². The van der Waals surface area contributed by atoms with Crippen LogP contribution in [0.25, 0.3) is 0 Å². The Morgan fingerprint density at radius 2 is 1.87 bits per heavy atom. The topological polar surface area (TPSA) is 87.7 Å². The molecule has 1 heterocycles. The van der Waals surface area contributed by atoms with Crippen molar-refractivity contribution in [2.45, 2.75) is 44.1 Å². The molecule has 0 atom stereocenters. The minimum Gasteiger partial charge on any atom is -0.489 e. The molecule has 2 aromatic carbocycles. The van der Waals surface area contributed by atoms with Crippen molar-refractivity contribution in [1.82, 2.24) is 4.31 Å². The Morgan fingerprint density at radius 3 is 2.55 bits per heavy atom. The van der Waals surface area contributed by atoms with E-state index < -0.39 is 21.7 Å². The molecule has 9 heteroatoms. The number of nitrogens with one attached hydrogen (secondary N) is 2. The summed E-state index contributed by atoms with van der Waals surface area (Å²) >= 11 is 0. The SMILES string of the molecule is CC(C)Oc1ccc(S(=O)(=O)N2CCCCC2)cc1NCC(=O)Nc1cccc(F)c1. The van der Waals surface area contributed by atoms with Gasteiger partial charge in [-0.25, -0.2) is 12.8 Å². The number of anilines is 2. The molecule has 1 saturated heterocycles. The van der Waals surface area contributed by atoms with Crippen molar-refractivity contribution in [2.75, 3.05) is 30.3 Å². The lowest BCUT2D eigenvalue weighted by Crippen LogP contribution is -2.35. The molecule has 0 radical (unpaired) electrons. The van der Waals surface area contributed by atoms with Gasteiger partial charge in [-0.15, -0.1) is 0 Å². The third-order valence-electron chi connectivity index (χ3n) is 4.81. The zero-order valence-corrected chi connectivity index (χ0v) is 18.5. The highest BCUT2D eigenvalue weighted by atomic mass is 32.2. The molecule has 1 fully saturated rings. The highest BCUT2D eigenvalue weighted by Crippen LogP contribution is 2.31. The third-order valence-corrected chi connectivity index (χ3v) is 6.71. The van der Waals surface area contributed by atoms with Gasteiger partial charge in [-0.1, -0.05) is 12.5 Å². The van der Waals surface area contributed by atoms with Crippen LogP contribution in [0.3, 0.4) is 0 Å². The zero-order chi connectivity index (χ0) is 22.4. The van der Waals surface area contributed by atoms with Crippen LogP contribution >= 0.6 is 0 Å². The Kier molecular flexibility index (Phi) is 7.50. The molecule has 31 heavy (non-hydrogen) atoms. The maximum atomic E-state index is 13.3. The van der Waals surface area contributed by atoms with Crippen LogP contribution in [0, 0.1) is 5.82 Å². The Morgan fingerprint density at radius 1 is 1.13 bits per heavy atom. The smallest absolute Gasteiger partial charge is 0.243 e. The molecular weight excluding hydrogens is 421 g/mol. The predicted octanol–water partition coefficient (Wildman–Crippen LogP) is 3.84. The number of sulfonamides is 1. The maximum absolute atomic E-state index is 13.3. The van der Waals surface area contributed by atoms with Crippen LogP contribution < -0.4 is 15.4 Å². The summed E-state index contributed by atoms with van der Waals surface area (Å²) in [5.41, 5.74) is 0.744. The molecule has 3 rings (SSSR count). The summed E-state index contributed by atoms with van der Waals surface area (Å²) in [6.07, 6.45) is 2.59. The molecule has 1 amide bonds. The summed E-state index contributed by atoms with van der Waals surface area (Å²) in [6.45, 7) is 4.59. The van der Waals surface area contributed by atoms with Gasteiger partial charge in [0.05, 0.1) is 23.2 Å². The first kappa shape index (κ1) is 23.0. The minimum absolute atomic E-state index is 0.133. The van der Waals surface area contributed by atoms with Crippen LogP contribution in [0.4, 0.5) is 15.8 Å². The van der Waals surface area contributed by atoms with E-state index in [1.165, 1.54) is 34.6 Å². The average molecular weight is 450 g/mol. The summed E-state index contributed by atoms with van der Waals surface area (Å²) in [6, 6.07) is 10.2. The molecule has 168 valence electrons. The van der Waals surface area contributed by atoms with Gasteiger partial charge in [0.15, 0.2) is 0 Å². The fourth-order valence-electron chi connectivity index (χ4n) is 3.37. The number of benzene rings is 2. The normalized spacial score (nSPS) is 15.0. The Bertz CT molecular complexity index is 1020. The summed E-state index contributed by atoms with van der Waals surface area (Å²) in [5.74, 6) is -0.398.